The normalized spacial score (nSPS) is 10.5. The van der Waals surface area contributed by atoms with Crippen molar-refractivity contribution >= 4 is 17.4 Å². The Morgan fingerprint density at radius 2 is 1.79 bits per heavy atom. The van der Waals surface area contributed by atoms with Crippen LogP contribution in [0, 0.1) is 5.82 Å². The van der Waals surface area contributed by atoms with Crippen LogP contribution in [0.1, 0.15) is 31.1 Å². The number of halogens is 1. The summed E-state index contributed by atoms with van der Waals surface area (Å²) in [6.07, 6.45) is 0. The van der Waals surface area contributed by atoms with Gasteiger partial charge in [-0.2, -0.15) is 0 Å². The number of benzene rings is 2. The molecule has 1 amide bonds. The van der Waals surface area contributed by atoms with Crippen molar-refractivity contribution in [2.24, 2.45) is 0 Å². The van der Waals surface area contributed by atoms with E-state index in [1.54, 1.807) is 4.90 Å². The van der Waals surface area contributed by atoms with Crippen LogP contribution in [0.3, 0.4) is 0 Å². The third-order valence-electron chi connectivity index (χ3n) is 3.49. The zero-order valence-corrected chi connectivity index (χ0v) is 14.0. The molecule has 0 aromatic heterocycles. The Kier molecular flexibility index (Phi) is 5.68. The number of ketones is 1. The van der Waals surface area contributed by atoms with Crippen LogP contribution in [-0.2, 0) is 4.79 Å². The smallest absolute Gasteiger partial charge is 0.265 e. The van der Waals surface area contributed by atoms with Crippen molar-refractivity contribution in [3.63, 3.8) is 0 Å². The first-order valence-electron chi connectivity index (χ1n) is 7.70. The number of anilines is 1. The molecule has 0 saturated carbocycles. The fraction of sp³-hybridized carbons (Fsp3) is 0.263. The molecule has 0 aliphatic heterocycles. The van der Waals surface area contributed by atoms with Gasteiger partial charge in [0.2, 0.25) is 0 Å². The molecule has 4 nitrogen and oxygen atoms in total. The van der Waals surface area contributed by atoms with Crippen LogP contribution >= 0.6 is 0 Å². The number of amides is 1. The molecule has 0 fully saturated rings. The highest BCUT2D eigenvalue weighted by atomic mass is 19.1. The maximum atomic E-state index is 13.3. The van der Waals surface area contributed by atoms with Gasteiger partial charge in [0.25, 0.3) is 5.91 Å². The first-order valence-corrected chi connectivity index (χ1v) is 7.70. The fourth-order valence-corrected chi connectivity index (χ4v) is 2.43. The second kappa shape index (κ2) is 7.73. The fourth-order valence-electron chi connectivity index (χ4n) is 2.43. The third-order valence-corrected chi connectivity index (χ3v) is 3.49. The molecule has 2 aromatic carbocycles. The summed E-state index contributed by atoms with van der Waals surface area (Å²) >= 11 is 0. The molecule has 0 unspecified atom stereocenters. The largest absolute Gasteiger partial charge is 0.483 e. The number of carbonyl (C=O) groups is 2. The van der Waals surface area contributed by atoms with E-state index in [2.05, 4.69) is 0 Å². The van der Waals surface area contributed by atoms with E-state index in [9.17, 15) is 14.0 Å². The maximum absolute atomic E-state index is 13.3. The Morgan fingerprint density at radius 3 is 2.38 bits per heavy atom. The summed E-state index contributed by atoms with van der Waals surface area (Å²) in [6, 6.07) is 12.9. The number of rotatable bonds is 6. The zero-order chi connectivity index (χ0) is 17.7. The minimum absolute atomic E-state index is 0.0519. The number of carbonyl (C=O) groups excluding carboxylic acids is 2. The van der Waals surface area contributed by atoms with Crippen molar-refractivity contribution in [3.8, 4) is 5.75 Å². The zero-order valence-electron chi connectivity index (χ0n) is 14.0. The van der Waals surface area contributed by atoms with E-state index in [1.807, 2.05) is 44.2 Å². The Balaban J connectivity index is 2.16. The second-order valence-electron chi connectivity index (χ2n) is 5.68. The molecule has 0 spiro atoms. The summed E-state index contributed by atoms with van der Waals surface area (Å²) in [6.45, 7) is 4.90. The van der Waals surface area contributed by atoms with Gasteiger partial charge in [-0.25, -0.2) is 4.39 Å². The Bertz CT molecular complexity index is 729. The average Bonchev–Trinajstić information content (AvgIpc) is 2.54. The lowest BCUT2D eigenvalue weighted by molar-refractivity contribution is -0.120. The number of para-hydroxylation sites is 1. The molecule has 24 heavy (non-hydrogen) atoms. The van der Waals surface area contributed by atoms with E-state index in [4.69, 9.17) is 4.74 Å². The summed E-state index contributed by atoms with van der Waals surface area (Å²) in [4.78, 5) is 25.8. The van der Waals surface area contributed by atoms with Crippen molar-refractivity contribution in [1.29, 1.82) is 0 Å². The van der Waals surface area contributed by atoms with E-state index in [1.165, 1.54) is 19.1 Å². The van der Waals surface area contributed by atoms with Crippen molar-refractivity contribution in [2.75, 3.05) is 11.5 Å². The standard InChI is InChI=1S/C19H20FNO3/c1-13(2)21(16-7-5-4-6-8-16)19(23)12-24-18-10-9-15(20)11-17(18)14(3)22/h4-11,13H,12H2,1-3H3. The first-order chi connectivity index (χ1) is 11.4. The van der Waals surface area contributed by atoms with Gasteiger partial charge in [-0.15, -0.1) is 0 Å². The van der Waals surface area contributed by atoms with E-state index < -0.39 is 5.82 Å². The number of hydrogen-bond donors (Lipinski definition) is 0. The molecule has 0 atom stereocenters. The molecule has 0 radical (unpaired) electrons. The minimum atomic E-state index is -0.521. The van der Waals surface area contributed by atoms with Gasteiger partial charge in [0, 0.05) is 11.7 Å². The van der Waals surface area contributed by atoms with Crippen molar-refractivity contribution in [3.05, 3.63) is 59.9 Å². The van der Waals surface area contributed by atoms with Crippen molar-refractivity contribution in [2.45, 2.75) is 26.8 Å². The van der Waals surface area contributed by atoms with Crippen LogP contribution in [0.5, 0.6) is 5.75 Å². The van der Waals surface area contributed by atoms with Crippen molar-refractivity contribution in [1.82, 2.24) is 0 Å². The van der Waals surface area contributed by atoms with Gasteiger partial charge in [-0.3, -0.25) is 9.59 Å². The van der Waals surface area contributed by atoms with Gasteiger partial charge in [0.05, 0.1) is 5.56 Å². The monoisotopic (exact) mass is 329 g/mol. The summed E-state index contributed by atoms with van der Waals surface area (Å²) < 4.78 is 18.8. The minimum Gasteiger partial charge on any atom is -0.483 e. The molecular weight excluding hydrogens is 309 g/mol. The molecular formula is C19H20FNO3. The van der Waals surface area contributed by atoms with E-state index in [0.717, 1.165) is 11.8 Å². The highest BCUT2D eigenvalue weighted by Crippen LogP contribution is 2.21. The Labute approximate surface area is 140 Å². The number of Topliss-reactive ketones (excluding diaryl/α,β-unsaturated/α-hetero) is 1. The molecule has 0 heterocycles. The molecule has 2 aromatic rings. The quantitative estimate of drug-likeness (QED) is 0.756. The summed E-state index contributed by atoms with van der Waals surface area (Å²) in [5, 5.41) is 0. The van der Waals surface area contributed by atoms with E-state index in [0.29, 0.717) is 0 Å². The van der Waals surface area contributed by atoms with Gasteiger partial charge in [-0.1, -0.05) is 18.2 Å². The second-order valence-corrected chi connectivity index (χ2v) is 5.68. The molecule has 0 aliphatic rings. The summed E-state index contributed by atoms with van der Waals surface area (Å²) in [7, 11) is 0. The molecule has 5 heteroatoms. The first kappa shape index (κ1) is 17.7. The number of ether oxygens (including phenoxy) is 1. The summed E-state index contributed by atoms with van der Waals surface area (Å²) in [5.41, 5.74) is 0.894. The molecule has 126 valence electrons. The number of nitrogens with zero attached hydrogens (tertiary/aromatic N) is 1. The topological polar surface area (TPSA) is 46.6 Å². The molecule has 2 rings (SSSR count). The van der Waals surface area contributed by atoms with Crippen molar-refractivity contribution < 1.29 is 18.7 Å². The lowest BCUT2D eigenvalue weighted by Crippen LogP contribution is -2.40. The predicted octanol–water partition coefficient (Wildman–Crippen LogP) is 3.85. The van der Waals surface area contributed by atoms with Crippen LogP contribution in [0.4, 0.5) is 10.1 Å². The van der Waals surface area contributed by atoms with Gasteiger partial charge in [0.15, 0.2) is 12.4 Å². The van der Waals surface area contributed by atoms with Gasteiger partial charge >= 0.3 is 0 Å². The Hall–Kier alpha value is -2.69. The third kappa shape index (κ3) is 4.19. The van der Waals surface area contributed by atoms with Crippen LogP contribution in [0.15, 0.2) is 48.5 Å². The maximum Gasteiger partial charge on any atom is 0.265 e. The average molecular weight is 329 g/mol. The lowest BCUT2D eigenvalue weighted by atomic mass is 10.1. The van der Waals surface area contributed by atoms with Crippen LogP contribution in [0.2, 0.25) is 0 Å². The highest BCUT2D eigenvalue weighted by Gasteiger charge is 2.20. The molecule has 0 saturated heterocycles. The molecule has 0 N–H and O–H groups in total. The van der Waals surface area contributed by atoms with E-state index in [-0.39, 0.29) is 35.7 Å². The Morgan fingerprint density at radius 1 is 1.12 bits per heavy atom. The van der Waals surface area contributed by atoms with E-state index >= 15 is 0 Å². The van der Waals surface area contributed by atoms with Gasteiger partial charge < -0.3 is 9.64 Å². The summed E-state index contributed by atoms with van der Waals surface area (Å²) in [5.74, 6) is -0.878. The van der Waals surface area contributed by atoms with Gasteiger partial charge in [-0.05, 0) is 51.1 Å². The lowest BCUT2D eigenvalue weighted by Gasteiger charge is -2.27. The highest BCUT2D eigenvalue weighted by molar-refractivity contribution is 5.97. The van der Waals surface area contributed by atoms with Gasteiger partial charge in [0.1, 0.15) is 11.6 Å². The van der Waals surface area contributed by atoms with Crippen LogP contribution in [0.25, 0.3) is 0 Å². The number of hydrogen-bond acceptors (Lipinski definition) is 3. The SMILES string of the molecule is CC(=O)c1cc(F)ccc1OCC(=O)N(c1ccccc1)C(C)C. The molecule has 0 aliphatic carbocycles. The van der Waals surface area contributed by atoms with Crippen LogP contribution in [-0.4, -0.2) is 24.3 Å². The molecule has 0 bridgehead atoms. The predicted molar refractivity (Wildman–Crippen MR) is 91.0 cm³/mol. The van der Waals surface area contributed by atoms with Crippen LogP contribution < -0.4 is 9.64 Å².